The SMILES string of the molecule is CC(C)N(CCC(=O)O)C(=O)c1cc(Cl)ncc1[N+](=O)[O-]. The first-order valence-corrected chi connectivity index (χ1v) is 6.44. The highest BCUT2D eigenvalue weighted by Crippen LogP contribution is 2.23. The van der Waals surface area contributed by atoms with Crippen LogP contribution in [0.4, 0.5) is 5.69 Å². The van der Waals surface area contributed by atoms with Gasteiger partial charge in [-0.3, -0.25) is 19.7 Å². The first-order chi connectivity index (χ1) is 9.73. The van der Waals surface area contributed by atoms with Crippen molar-refractivity contribution < 1.29 is 19.6 Å². The largest absolute Gasteiger partial charge is 0.481 e. The topological polar surface area (TPSA) is 114 Å². The average molecular weight is 316 g/mol. The number of aliphatic carboxylic acids is 1. The molecule has 114 valence electrons. The predicted octanol–water partition coefficient (Wildman–Crippen LogP) is 1.97. The van der Waals surface area contributed by atoms with Crippen molar-refractivity contribution in [2.45, 2.75) is 26.3 Å². The Labute approximate surface area is 125 Å². The van der Waals surface area contributed by atoms with Crippen LogP contribution in [0.3, 0.4) is 0 Å². The average Bonchev–Trinajstić information content (AvgIpc) is 2.37. The lowest BCUT2D eigenvalue weighted by Crippen LogP contribution is -2.38. The second-order valence-corrected chi connectivity index (χ2v) is 4.90. The second kappa shape index (κ2) is 6.98. The van der Waals surface area contributed by atoms with Gasteiger partial charge in [0.05, 0.1) is 11.3 Å². The summed E-state index contributed by atoms with van der Waals surface area (Å²) < 4.78 is 0. The van der Waals surface area contributed by atoms with Gasteiger partial charge in [-0.15, -0.1) is 0 Å². The number of carboxylic acid groups (broad SMARTS) is 1. The van der Waals surface area contributed by atoms with Gasteiger partial charge >= 0.3 is 5.97 Å². The van der Waals surface area contributed by atoms with E-state index >= 15 is 0 Å². The van der Waals surface area contributed by atoms with Crippen LogP contribution in [0.15, 0.2) is 12.3 Å². The molecular weight excluding hydrogens is 302 g/mol. The van der Waals surface area contributed by atoms with Crippen LogP contribution in [0.5, 0.6) is 0 Å². The molecule has 1 rings (SSSR count). The Hall–Kier alpha value is -2.22. The number of hydrogen-bond donors (Lipinski definition) is 1. The van der Waals surface area contributed by atoms with Gasteiger partial charge in [-0.25, -0.2) is 4.98 Å². The normalized spacial score (nSPS) is 10.5. The number of amides is 1. The Morgan fingerprint density at radius 3 is 2.62 bits per heavy atom. The third-order valence-corrected chi connectivity index (χ3v) is 2.93. The van der Waals surface area contributed by atoms with Gasteiger partial charge in [-0.1, -0.05) is 11.6 Å². The van der Waals surface area contributed by atoms with E-state index in [0.29, 0.717) is 0 Å². The van der Waals surface area contributed by atoms with Gasteiger partial charge in [0.1, 0.15) is 16.9 Å². The van der Waals surface area contributed by atoms with E-state index in [9.17, 15) is 19.7 Å². The summed E-state index contributed by atoms with van der Waals surface area (Å²) in [6.07, 6.45) is 0.655. The zero-order chi connectivity index (χ0) is 16.2. The number of pyridine rings is 1. The Morgan fingerprint density at radius 2 is 2.14 bits per heavy atom. The molecule has 1 N–H and O–H groups in total. The molecule has 0 aromatic carbocycles. The highest BCUT2D eigenvalue weighted by molar-refractivity contribution is 6.29. The van der Waals surface area contributed by atoms with Crippen molar-refractivity contribution in [2.24, 2.45) is 0 Å². The minimum absolute atomic E-state index is 0.0501. The van der Waals surface area contributed by atoms with Gasteiger partial charge in [0.25, 0.3) is 11.6 Å². The Bertz CT molecular complexity index is 576. The maximum atomic E-state index is 12.4. The van der Waals surface area contributed by atoms with Crippen molar-refractivity contribution >= 4 is 29.2 Å². The molecule has 0 saturated heterocycles. The molecule has 1 aromatic heterocycles. The zero-order valence-corrected chi connectivity index (χ0v) is 12.2. The fourth-order valence-electron chi connectivity index (χ4n) is 1.70. The molecule has 0 aliphatic rings. The lowest BCUT2D eigenvalue weighted by molar-refractivity contribution is -0.385. The third-order valence-electron chi connectivity index (χ3n) is 2.73. The molecule has 0 bridgehead atoms. The van der Waals surface area contributed by atoms with E-state index < -0.39 is 22.5 Å². The van der Waals surface area contributed by atoms with Crippen LogP contribution < -0.4 is 0 Å². The highest BCUT2D eigenvalue weighted by atomic mass is 35.5. The zero-order valence-electron chi connectivity index (χ0n) is 11.4. The summed E-state index contributed by atoms with van der Waals surface area (Å²) in [5.74, 6) is -1.71. The Morgan fingerprint density at radius 1 is 1.52 bits per heavy atom. The molecule has 0 radical (unpaired) electrons. The minimum atomic E-state index is -1.06. The molecule has 0 atom stereocenters. The molecule has 9 heteroatoms. The fourth-order valence-corrected chi connectivity index (χ4v) is 1.86. The lowest BCUT2D eigenvalue weighted by atomic mass is 10.1. The van der Waals surface area contributed by atoms with E-state index in [2.05, 4.69) is 4.98 Å². The minimum Gasteiger partial charge on any atom is -0.481 e. The number of carbonyl (C=O) groups excluding carboxylic acids is 1. The maximum Gasteiger partial charge on any atom is 0.305 e. The molecule has 0 saturated carbocycles. The number of nitro groups is 1. The molecule has 0 aliphatic carbocycles. The molecule has 0 unspecified atom stereocenters. The molecule has 21 heavy (non-hydrogen) atoms. The van der Waals surface area contributed by atoms with Gasteiger partial charge in [-0.05, 0) is 19.9 Å². The molecule has 0 fully saturated rings. The first kappa shape index (κ1) is 16.8. The number of aromatic nitrogens is 1. The van der Waals surface area contributed by atoms with Crippen LogP contribution in [0.1, 0.15) is 30.6 Å². The predicted molar refractivity (Wildman–Crippen MR) is 74.3 cm³/mol. The number of rotatable bonds is 6. The summed E-state index contributed by atoms with van der Waals surface area (Å²) in [7, 11) is 0. The summed E-state index contributed by atoms with van der Waals surface area (Å²) in [5, 5.41) is 19.6. The second-order valence-electron chi connectivity index (χ2n) is 4.52. The van der Waals surface area contributed by atoms with Crippen LogP contribution in [0.2, 0.25) is 5.15 Å². The van der Waals surface area contributed by atoms with E-state index in [-0.39, 0.29) is 29.7 Å². The van der Waals surface area contributed by atoms with E-state index in [0.717, 1.165) is 12.3 Å². The van der Waals surface area contributed by atoms with Gasteiger partial charge < -0.3 is 10.0 Å². The summed E-state index contributed by atoms with van der Waals surface area (Å²) >= 11 is 5.68. The van der Waals surface area contributed by atoms with E-state index in [1.807, 2.05) is 0 Å². The number of halogens is 1. The van der Waals surface area contributed by atoms with E-state index in [1.54, 1.807) is 13.8 Å². The molecular formula is C12H14ClN3O5. The smallest absolute Gasteiger partial charge is 0.305 e. The monoisotopic (exact) mass is 315 g/mol. The van der Waals surface area contributed by atoms with E-state index in [1.165, 1.54) is 4.90 Å². The van der Waals surface area contributed by atoms with Crippen molar-refractivity contribution in [1.29, 1.82) is 0 Å². The quantitative estimate of drug-likeness (QED) is 0.487. The Kier molecular flexibility index (Phi) is 5.60. The van der Waals surface area contributed by atoms with Crippen molar-refractivity contribution in [3.05, 3.63) is 33.1 Å². The summed E-state index contributed by atoms with van der Waals surface area (Å²) in [5.41, 5.74) is -0.676. The number of carbonyl (C=O) groups is 2. The van der Waals surface area contributed by atoms with E-state index in [4.69, 9.17) is 16.7 Å². The maximum absolute atomic E-state index is 12.4. The van der Waals surface area contributed by atoms with Crippen LogP contribution in [0.25, 0.3) is 0 Å². The summed E-state index contributed by atoms with van der Waals surface area (Å²) in [4.78, 5) is 38.1. The molecule has 1 heterocycles. The van der Waals surface area contributed by atoms with Crippen molar-refractivity contribution in [1.82, 2.24) is 9.88 Å². The molecule has 1 aromatic rings. The lowest BCUT2D eigenvalue weighted by Gasteiger charge is -2.26. The van der Waals surface area contributed by atoms with Crippen LogP contribution >= 0.6 is 11.6 Å². The Balaban J connectivity index is 3.17. The fraction of sp³-hybridized carbons (Fsp3) is 0.417. The molecule has 0 spiro atoms. The standard InChI is InChI=1S/C12H14ClN3O5/c1-7(2)15(4-3-11(17)18)12(19)8-5-10(13)14-6-9(8)16(20)21/h5-7H,3-4H2,1-2H3,(H,17,18). The summed E-state index contributed by atoms with van der Waals surface area (Å²) in [6.45, 7) is 3.33. The van der Waals surface area contributed by atoms with Crippen molar-refractivity contribution in [3.63, 3.8) is 0 Å². The molecule has 0 aliphatic heterocycles. The summed E-state index contributed by atoms with van der Waals surface area (Å²) in [6, 6.07) is 0.793. The third kappa shape index (κ3) is 4.38. The number of nitrogens with zero attached hydrogens (tertiary/aromatic N) is 3. The van der Waals surface area contributed by atoms with Crippen LogP contribution in [-0.4, -0.2) is 44.4 Å². The number of hydrogen-bond acceptors (Lipinski definition) is 5. The van der Waals surface area contributed by atoms with Crippen molar-refractivity contribution in [3.8, 4) is 0 Å². The highest BCUT2D eigenvalue weighted by Gasteiger charge is 2.27. The van der Waals surface area contributed by atoms with Crippen molar-refractivity contribution in [2.75, 3.05) is 6.54 Å². The molecule has 1 amide bonds. The van der Waals surface area contributed by atoms with Crippen LogP contribution in [0, 0.1) is 10.1 Å². The van der Waals surface area contributed by atoms with Gasteiger partial charge in [-0.2, -0.15) is 0 Å². The van der Waals surface area contributed by atoms with Crippen LogP contribution in [-0.2, 0) is 4.79 Å². The first-order valence-electron chi connectivity index (χ1n) is 6.06. The van der Waals surface area contributed by atoms with Gasteiger partial charge in [0.2, 0.25) is 0 Å². The van der Waals surface area contributed by atoms with Gasteiger partial charge in [0, 0.05) is 12.6 Å². The van der Waals surface area contributed by atoms with Gasteiger partial charge in [0.15, 0.2) is 0 Å². The number of carboxylic acids is 1. The molecule has 8 nitrogen and oxygen atoms in total.